The molecule has 3 nitrogen and oxygen atoms in total. The van der Waals surface area contributed by atoms with E-state index in [-0.39, 0.29) is 0 Å². The van der Waals surface area contributed by atoms with Crippen LogP contribution in [-0.4, -0.2) is 25.1 Å². The van der Waals surface area contributed by atoms with Crippen LogP contribution >= 0.6 is 11.3 Å². The standard InChI is InChI=1S/C11H21N3S/c1-5-6-9(2)12-7-10-8-13-11(15-10)14(3)4/h8-9,12H,5-7H2,1-4H3. The van der Waals surface area contributed by atoms with Crippen LogP contribution in [0, 0.1) is 0 Å². The third-order valence-corrected chi connectivity index (χ3v) is 3.44. The van der Waals surface area contributed by atoms with Crippen molar-refractivity contribution in [2.75, 3.05) is 19.0 Å². The van der Waals surface area contributed by atoms with E-state index in [1.54, 1.807) is 11.3 Å². The zero-order chi connectivity index (χ0) is 11.3. The van der Waals surface area contributed by atoms with E-state index < -0.39 is 0 Å². The first-order valence-electron chi connectivity index (χ1n) is 5.49. The largest absolute Gasteiger partial charge is 0.354 e. The maximum Gasteiger partial charge on any atom is 0.185 e. The minimum atomic E-state index is 0.597. The Bertz CT molecular complexity index is 283. The highest BCUT2D eigenvalue weighted by Crippen LogP contribution is 2.20. The van der Waals surface area contributed by atoms with Gasteiger partial charge in [-0.3, -0.25) is 0 Å². The van der Waals surface area contributed by atoms with Crippen LogP contribution < -0.4 is 10.2 Å². The summed E-state index contributed by atoms with van der Waals surface area (Å²) < 4.78 is 0. The number of aromatic nitrogens is 1. The molecule has 1 rings (SSSR count). The molecule has 0 amide bonds. The number of nitrogens with one attached hydrogen (secondary N) is 1. The summed E-state index contributed by atoms with van der Waals surface area (Å²) in [4.78, 5) is 7.70. The molecule has 0 saturated heterocycles. The van der Waals surface area contributed by atoms with Gasteiger partial charge in [0.1, 0.15) is 0 Å². The summed E-state index contributed by atoms with van der Waals surface area (Å²) in [6.07, 6.45) is 4.44. The molecular weight excluding hydrogens is 206 g/mol. The quantitative estimate of drug-likeness (QED) is 0.809. The summed E-state index contributed by atoms with van der Waals surface area (Å²) in [6, 6.07) is 0.597. The molecule has 4 heteroatoms. The zero-order valence-corrected chi connectivity index (χ0v) is 10.9. The van der Waals surface area contributed by atoms with E-state index >= 15 is 0 Å². The molecule has 86 valence electrons. The molecule has 0 spiro atoms. The van der Waals surface area contributed by atoms with Crippen LogP contribution in [0.25, 0.3) is 0 Å². The number of thiazole rings is 1. The lowest BCUT2D eigenvalue weighted by Crippen LogP contribution is -2.24. The highest BCUT2D eigenvalue weighted by Gasteiger charge is 2.05. The van der Waals surface area contributed by atoms with Gasteiger partial charge in [-0.2, -0.15) is 0 Å². The van der Waals surface area contributed by atoms with Crippen molar-refractivity contribution < 1.29 is 0 Å². The van der Waals surface area contributed by atoms with Crippen molar-refractivity contribution in [2.24, 2.45) is 0 Å². The Balaban J connectivity index is 2.37. The highest BCUT2D eigenvalue weighted by atomic mass is 32.1. The van der Waals surface area contributed by atoms with Crippen molar-refractivity contribution in [1.82, 2.24) is 10.3 Å². The van der Waals surface area contributed by atoms with Crippen molar-refractivity contribution in [3.63, 3.8) is 0 Å². The van der Waals surface area contributed by atoms with Crippen molar-refractivity contribution >= 4 is 16.5 Å². The molecule has 1 aromatic rings. The van der Waals surface area contributed by atoms with Gasteiger partial charge in [0.25, 0.3) is 0 Å². The molecule has 15 heavy (non-hydrogen) atoms. The molecule has 0 fully saturated rings. The molecule has 1 unspecified atom stereocenters. The Morgan fingerprint density at radius 3 is 2.80 bits per heavy atom. The molecule has 1 atom stereocenters. The summed E-state index contributed by atoms with van der Waals surface area (Å²) in [7, 11) is 4.05. The minimum absolute atomic E-state index is 0.597. The molecular formula is C11H21N3S. The van der Waals surface area contributed by atoms with Crippen molar-refractivity contribution in [3.05, 3.63) is 11.1 Å². The second kappa shape index (κ2) is 6.08. The summed E-state index contributed by atoms with van der Waals surface area (Å²) in [5.74, 6) is 0. The molecule has 1 heterocycles. The number of rotatable bonds is 6. The topological polar surface area (TPSA) is 28.2 Å². The lowest BCUT2D eigenvalue weighted by Gasteiger charge is -2.11. The Kier molecular flexibility index (Phi) is 5.05. The fourth-order valence-corrected chi connectivity index (χ4v) is 2.18. The number of hydrogen-bond acceptors (Lipinski definition) is 4. The van der Waals surface area contributed by atoms with Crippen LogP contribution in [0.2, 0.25) is 0 Å². The maximum atomic E-state index is 4.34. The van der Waals surface area contributed by atoms with Crippen LogP contribution in [0.5, 0.6) is 0 Å². The molecule has 1 aromatic heterocycles. The van der Waals surface area contributed by atoms with Crippen molar-refractivity contribution in [2.45, 2.75) is 39.3 Å². The number of anilines is 1. The van der Waals surface area contributed by atoms with E-state index in [0.717, 1.165) is 11.7 Å². The third kappa shape index (κ3) is 4.18. The van der Waals surface area contributed by atoms with Gasteiger partial charge >= 0.3 is 0 Å². The van der Waals surface area contributed by atoms with Gasteiger partial charge in [0, 0.05) is 37.8 Å². The fraction of sp³-hybridized carbons (Fsp3) is 0.727. The molecule has 0 saturated carbocycles. The van der Waals surface area contributed by atoms with E-state index in [9.17, 15) is 0 Å². The van der Waals surface area contributed by atoms with Gasteiger partial charge in [0.2, 0.25) is 0 Å². The van der Waals surface area contributed by atoms with Gasteiger partial charge in [-0.15, -0.1) is 11.3 Å². The van der Waals surface area contributed by atoms with Crippen molar-refractivity contribution in [1.29, 1.82) is 0 Å². The van der Waals surface area contributed by atoms with E-state index in [1.165, 1.54) is 17.7 Å². The van der Waals surface area contributed by atoms with Crippen molar-refractivity contribution in [3.8, 4) is 0 Å². The second-order valence-electron chi connectivity index (χ2n) is 4.07. The first-order valence-corrected chi connectivity index (χ1v) is 6.30. The lowest BCUT2D eigenvalue weighted by molar-refractivity contribution is 0.511. The summed E-state index contributed by atoms with van der Waals surface area (Å²) in [5.41, 5.74) is 0. The Morgan fingerprint density at radius 1 is 1.53 bits per heavy atom. The van der Waals surface area contributed by atoms with E-state index in [4.69, 9.17) is 0 Å². The van der Waals surface area contributed by atoms with E-state index in [1.807, 2.05) is 25.2 Å². The summed E-state index contributed by atoms with van der Waals surface area (Å²) in [6.45, 7) is 5.39. The molecule has 0 aliphatic heterocycles. The molecule has 1 N–H and O–H groups in total. The molecule has 0 bridgehead atoms. The molecule has 0 aliphatic carbocycles. The smallest absolute Gasteiger partial charge is 0.185 e. The Labute approximate surface area is 96.5 Å². The maximum absolute atomic E-state index is 4.34. The van der Waals surface area contributed by atoms with Gasteiger partial charge in [-0.25, -0.2) is 4.98 Å². The van der Waals surface area contributed by atoms with Gasteiger partial charge in [0.05, 0.1) is 0 Å². The van der Waals surface area contributed by atoms with Gasteiger partial charge in [0.15, 0.2) is 5.13 Å². The SMILES string of the molecule is CCCC(C)NCc1cnc(N(C)C)s1. The van der Waals surface area contributed by atoms with Crippen LogP contribution in [0.3, 0.4) is 0 Å². The lowest BCUT2D eigenvalue weighted by atomic mass is 10.2. The van der Waals surface area contributed by atoms with Crippen LogP contribution in [0.15, 0.2) is 6.20 Å². The first kappa shape index (κ1) is 12.5. The van der Waals surface area contributed by atoms with Gasteiger partial charge < -0.3 is 10.2 Å². The average molecular weight is 227 g/mol. The normalized spacial score (nSPS) is 12.8. The first-order chi connectivity index (χ1) is 7.13. The van der Waals surface area contributed by atoms with Crippen LogP contribution in [0.1, 0.15) is 31.6 Å². The van der Waals surface area contributed by atoms with E-state index in [0.29, 0.717) is 6.04 Å². The minimum Gasteiger partial charge on any atom is -0.354 e. The zero-order valence-electron chi connectivity index (χ0n) is 10.1. The van der Waals surface area contributed by atoms with Crippen LogP contribution in [0.4, 0.5) is 5.13 Å². The fourth-order valence-electron chi connectivity index (χ4n) is 1.40. The van der Waals surface area contributed by atoms with Gasteiger partial charge in [-0.05, 0) is 13.3 Å². The summed E-state index contributed by atoms with van der Waals surface area (Å²) in [5, 5.41) is 4.58. The Hall–Kier alpha value is -0.610. The van der Waals surface area contributed by atoms with Gasteiger partial charge in [-0.1, -0.05) is 13.3 Å². The summed E-state index contributed by atoms with van der Waals surface area (Å²) >= 11 is 1.75. The number of nitrogens with zero attached hydrogens (tertiary/aromatic N) is 2. The average Bonchev–Trinajstić information content (AvgIpc) is 2.63. The number of hydrogen-bond donors (Lipinski definition) is 1. The molecule has 0 radical (unpaired) electrons. The van der Waals surface area contributed by atoms with E-state index in [2.05, 4.69) is 24.1 Å². The Morgan fingerprint density at radius 2 is 2.27 bits per heavy atom. The molecule has 0 aliphatic rings. The monoisotopic (exact) mass is 227 g/mol. The third-order valence-electron chi connectivity index (χ3n) is 2.27. The predicted octanol–water partition coefficient (Wildman–Crippen LogP) is 2.49. The highest BCUT2D eigenvalue weighted by molar-refractivity contribution is 7.15. The molecule has 0 aromatic carbocycles. The second-order valence-corrected chi connectivity index (χ2v) is 5.17. The van der Waals surface area contributed by atoms with Crippen LogP contribution in [-0.2, 0) is 6.54 Å². The predicted molar refractivity (Wildman–Crippen MR) is 67.7 cm³/mol.